The van der Waals surface area contributed by atoms with Crippen molar-refractivity contribution >= 4 is 11.6 Å². The van der Waals surface area contributed by atoms with Crippen LogP contribution >= 0.6 is 0 Å². The Hall–Kier alpha value is -2.44. The molecule has 18 heavy (non-hydrogen) atoms. The van der Waals surface area contributed by atoms with Gasteiger partial charge in [-0.25, -0.2) is 4.52 Å². The molecule has 92 valence electrons. The molecule has 3 aromatic heterocycles. The van der Waals surface area contributed by atoms with Crippen LogP contribution in [0.15, 0.2) is 30.7 Å². The van der Waals surface area contributed by atoms with Crippen LogP contribution in [0.25, 0.3) is 5.65 Å². The second kappa shape index (κ2) is 4.44. The number of aryl methyl sites for hydroxylation is 1. The lowest BCUT2D eigenvalue weighted by molar-refractivity contribution is 0.607. The third-order valence-electron chi connectivity index (χ3n) is 2.65. The van der Waals surface area contributed by atoms with Gasteiger partial charge >= 0.3 is 0 Å². The minimum absolute atomic E-state index is 0.629. The average molecular weight is 243 g/mol. The number of anilines is 1. The summed E-state index contributed by atoms with van der Waals surface area (Å²) >= 11 is 0. The maximum absolute atomic E-state index is 4.43. The van der Waals surface area contributed by atoms with E-state index in [1.165, 1.54) is 0 Å². The number of nitrogens with one attached hydrogen (secondary N) is 1. The van der Waals surface area contributed by atoms with Crippen LogP contribution in [0.1, 0.15) is 5.56 Å². The highest BCUT2D eigenvalue weighted by Crippen LogP contribution is 2.09. The number of rotatable bonds is 4. The fourth-order valence-corrected chi connectivity index (χ4v) is 1.75. The molecular formula is C11H13N7. The van der Waals surface area contributed by atoms with Crippen LogP contribution in [0.4, 0.5) is 5.95 Å². The Balaban J connectivity index is 1.69. The monoisotopic (exact) mass is 243 g/mol. The number of hydrogen-bond acceptors (Lipinski definition) is 5. The first-order valence-corrected chi connectivity index (χ1v) is 5.73. The smallest absolute Gasteiger partial charge is 0.243 e. The van der Waals surface area contributed by atoms with Crippen molar-refractivity contribution in [2.45, 2.75) is 13.5 Å². The second-order valence-corrected chi connectivity index (χ2v) is 3.99. The van der Waals surface area contributed by atoms with Gasteiger partial charge in [-0.3, -0.25) is 4.68 Å². The van der Waals surface area contributed by atoms with Crippen molar-refractivity contribution in [2.24, 2.45) is 0 Å². The largest absolute Gasteiger partial charge is 0.351 e. The lowest BCUT2D eigenvalue weighted by Gasteiger charge is -2.00. The predicted molar refractivity (Wildman–Crippen MR) is 66.2 cm³/mol. The van der Waals surface area contributed by atoms with Crippen LogP contribution in [0.2, 0.25) is 0 Å². The first-order valence-electron chi connectivity index (χ1n) is 5.73. The van der Waals surface area contributed by atoms with E-state index in [4.69, 9.17) is 0 Å². The summed E-state index contributed by atoms with van der Waals surface area (Å²) in [6.45, 7) is 3.46. The molecule has 3 aromatic rings. The summed E-state index contributed by atoms with van der Waals surface area (Å²) in [4.78, 5) is 4.43. The molecule has 0 fully saturated rings. The van der Waals surface area contributed by atoms with Gasteiger partial charge in [0.25, 0.3) is 0 Å². The molecule has 1 N–H and O–H groups in total. The van der Waals surface area contributed by atoms with E-state index in [1.54, 1.807) is 15.4 Å². The standard InChI is InChI=1S/C11H13N7/c1-9-3-2-6-18-10(9)14-11(15-18)12-4-7-17-8-5-13-16-17/h2-3,5-6,8H,4,7H2,1H3,(H,12,15). The lowest BCUT2D eigenvalue weighted by Crippen LogP contribution is -2.11. The number of nitrogens with zero attached hydrogens (tertiary/aromatic N) is 6. The first kappa shape index (κ1) is 10.7. The van der Waals surface area contributed by atoms with Crippen molar-refractivity contribution in [1.29, 1.82) is 0 Å². The summed E-state index contributed by atoms with van der Waals surface area (Å²) in [7, 11) is 0. The molecule has 0 unspecified atom stereocenters. The van der Waals surface area contributed by atoms with E-state index in [0.29, 0.717) is 12.5 Å². The van der Waals surface area contributed by atoms with Crippen molar-refractivity contribution in [2.75, 3.05) is 11.9 Å². The van der Waals surface area contributed by atoms with Gasteiger partial charge in [-0.1, -0.05) is 11.3 Å². The van der Waals surface area contributed by atoms with Crippen LogP contribution in [-0.2, 0) is 6.54 Å². The quantitative estimate of drug-likeness (QED) is 0.731. The Morgan fingerprint density at radius 3 is 3.06 bits per heavy atom. The third kappa shape index (κ3) is 2.02. The van der Waals surface area contributed by atoms with E-state index in [9.17, 15) is 0 Å². The van der Waals surface area contributed by atoms with Crippen molar-refractivity contribution in [1.82, 2.24) is 29.6 Å². The molecule has 3 heterocycles. The molecule has 0 aliphatic rings. The Labute approximate surface area is 103 Å². The molecule has 0 aliphatic carbocycles. The summed E-state index contributed by atoms with van der Waals surface area (Å²) in [6, 6.07) is 3.97. The van der Waals surface area contributed by atoms with Gasteiger partial charge in [-0.05, 0) is 18.6 Å². The van der Waals surface area contributed by atoms with E-state index in [-0.39, 0.29) is 0 Å². The maximum atomic E-state index is 4.43. The van der Waals surface area contributed by atoms with Crippen LogP contribution in [0.5, 0.6) is 0 Å². The topological polar surface area (TPSA) is 72.9 Å². The predicted octanol–water partition coefficient (Wildman–Crippen LogP) is 0.741. The molecule has 3 rings (SSSR count). The molecule has 7 nitrogen and oxygen atoms in total. The summed E-state index contributed by atoms with van der Waals surface area (Å²) in [5.74, 6) is 0.629. The third-order valence-corrected chi connectivity index (χ3v) is 2.65. The Morgan fingerprint density at radius 2 is 2.28 bits per heavy atom. The average Bonchev–Trinajstić information content (AvgIpc) is 2.98. The zero-order valence-corrected chi connectivity index (χ0v) is 9.98. The molecule has 7 heteroatoms. The van der Waals surface area contributed by atoms with Gasteiger partial charge in [0.05, 0.1) is 12.7 Å². The number of hydrogen-bond donors (Lipinski definition) is 1. The minimum Gasteiger partial charge on any atom is -0.351 e. The summed E-state index contributed by atoms with van der Waals surface area (Å²) in [6.07, 6.45) is 5.37. The Kier molecular flexibility index (Phi) is 2.64. The zero-order chi connectivity index (χ0) is 12.4. The van der Waals surface area contributed by atoms with Crippen LogP contribution in [0.3, 0.4) is 0 Å². The van der Waals surface area contributed by atoms with Crippen molar-refractivity contribution in [3.8, 4) is 0 Å². The lowest BCUT2D eigenvalue weighted by atomic mass is 10.3. The number of fused-ring (bicyclic) bond motifs is 1. The fourth-order valence-electron chi connectivity index (χ4n) is 1.75. The molecular weight excluding hydrogens is 230 g/mol. The highest BCUT2D eigenvalue weighted by molar-refractivity contribution is 5.49. The molecule has 0 saturated carbocycles. The van der Waals surface area contributed by atoms with Gasteiger partial charge in [0.15, 0.2) is 5.65 Å². The number of aromatic nitrogens is 6. The Morgan fingerprint density at radius 1 is 1.33 bits per heavy atom. The van der Waals surface area contributed by atoms with E-state index in [0.717, 1.165) is 17.8 Å². The SMILES string of the molecule is Cc1cccn2nc(NCCn3ccnn3)nc12. The second-order valence-electron chi connectivity index (χ2n) is 3.99. The summed E-state index contributed by atoms with van der Waals surface area (Å²) in [5.41, 5.74) is 1.98. The highest BCUT2D eigenvalue weighted by atomic mass is 15.4. The summed E-state index contributed by atoms with van der Waals surface area (Å²) in [5, 5.41) is 15.1. The fraction of sp³-hybridized carbons (Fsp3) is 0.273. The normalized spacial score (nSPS) is 10.9. The summed E-state index contributed by atoms with van der Waals surface area (Å²) < 4.78 is 3.53. The Bertz CT molecular complexity index is 641. The molecule has 0 aliphatic heterocycles. The minimum atomic E-state index is 0.629. The van der Waals surface area contributed by atoms with E-state index in [1.807, 2.05) is 31.5 Å². The van der Waals surface area contributed by atoms with Gasteiger partial charge in [-0.2, -0.15) is 4.98 Å². The van der Waals surface area contributed by atoms with Crippen molar-refractivity contribution in [3.63, 3.8) is 0 Å². The van der Waals surface area contributed by atoms with Crippen LogP contribution < -0.4 is 5.32 Å². The van der Waals surface area contributed by atoms with Crippen LogP contribution in [-0.4, -0.2) is 36.1 Å². The van der Waals surface area contributed by atoms with Gasteiger partial charge in [0, 0.05) is 18.9 Å². The maximum Gasteiger partial charge on any atom is 0.243 e. The first-order chi connectivity index (χ1) is 8.83. The van der Waals surface area contributed by atoms with Crippen molar-refractivity contribution in [3.05, 3.63) is 36.3 Å². The molecule has 0 saturated heterocycles. The van der Waals surface area contributed by atoms with Crippen LogP contribution in [0, 0.1) is 6.92 Å². The molecule has 0 spiro atoms. The molecule has 0 atom stereocenters. The molecule has 0 aromatic carbocycles. The van der Waals surface area contributed by atoms with E-state index in [2.05, 4.69) is 25.7 Å². The number of pyridine rings is 1. The van der Waals surface area contributed by atoms with E-state index < -0.39 is 0 Å². The van der Waals surface area contributed by atoms with E-state index >= 15 is 0 Å². The van der Waals surface area contributed by atoms with Gasteiger partial charge in [0.2, 0.25) is 5.95 Å². The molecule has 0 radical (unpaired) electrons. The van der Waals surface area contributed by atoms with Gasteiger partial charge < -0.3 is 5.32 Å². The van der Waals surface area contributed by atoms with Gasteiger partial charge in [-0.15, -0.1) is 10.2 Å². The highest BCUT2D eigenvalue weighted by Gasteiger charge is 2.04. The zero-order valence-electron chi connectivity index (χ0n) is 9.98. The molecule has 0 bridgehead atoms. The van der Waals surface area contributed by atoms with Crippen molar-refractivity contribution < 1.29 is 0 Å². The van der Waals surface area contributed by atoms with Gasteiger partial charge in [0.1, 0.15) is 0 Å². The molecule has 0 amide bonds.